The van der Waals surface area contributed by atoms with Gasteiger partial charge in [-0.1, -0.05) is 13.8 Å². The van der Waals surface area contributed by atoms with Crippen LogP contribution in [0.3, 0.4) is 0 Å². The molecule has 1 rings (SSSR count). The molecule has 2 amide bonds. The van der Waals surface area contributed by atoms with Gasteiger partial charge < -0.3 is 15.7 Å². The topological polar surface area (TPSA) is 78.4 Å². The number of aliphatic carboxylic acids is 1. The summed E-state index contributed by atoms with van der Waals surface area (Å²) in [6.07, 6.45) is 5.25. The van der Waals surface area contributed by atoms with Crippen molar-refractivity contribution < 1.29 is 14.7 Å². The van der Waals surface area contributed by atoms with Crippen molar-refractivity contribution in [3.05, 3.63) is 0 Å². The zero-order valence-corrected chi connectivity index (χ0v) is 12.0. The Balaban J connectivity index is 2.02. The SMILES string of the molecule is CCC1(CNC(=O)NCCC(C)CCC(=O)O)CC1. The van der Waals surface area contributed by atoms with Crippen LogP contribution in [0.25, 0.3) is 0 Å². The van der Waals surface area contributed by atoms with Crippen molar-refractivity contribution in [2.75, 3.05) is 13.1 Å². The lowest BCUT2D eigenvalue weighted by Gasteiger charge is -2.15. The first kappa shape index (κ1) is 15.8. The average molecular weight is 270 g/mol. The van der Waals surface area contributed by atoms with Gasteiger partial charge in [0.2, 0.25) is 0 Å². The first-order chi connectivity index (χ1) is 8.97. The number of carbonyl (C=O) groups is 2. The summed E-state index contributed by atoms with van der Waals surface area (Å²) in [5.74, 6) is -0.436. The number of urea groups is 1. The third-order valence-electron chi connectivity index (χ3n) is 4.10. The summed E-state index contributed by atoms with van der Waals surface area (Å²) in [7, 11) is 0. The fourth-order valence-electron chi connectivity index (χ4n) is 2.11. The standard InChI is InChI=1S/C14H26N2O3/c1-3-14(7-8-14)10-16-13(19)15-9-6-11(2)4-5-12(17)18/h11H,3-10H2,1-2H3,(H,17,18)(H2,15,16,19). The fraction of sp³-hybridized carbons (Fsp3) is 0.857. The van der Waals surface area contributed by atoms with Gasteiger partial charge in [-0.2, -0.15) is 0 Å². The van der Waals surface area contributed by atoms with Crippen molar-refractivity contribution in [3.8, 4) is 0 Å². The van der Waals surface area contributed by atoms with Gasteiger partial charge in [-0.15, -0.1) is 0 Å². The van der Waals surface area contributed by atoms with Crippen LogP contribution in [0.15, 0.2) is 0 Å². The van der Waals surface area contributed by atoms with Gasteiger partial charge >= 0.3 is 12.0 Å². The van der Waals surface area contributed by atoms with E-state index in [1.54, 1.807) is 0 Å². The Hall–Kier alpha value is -1.26. The number of amides is 2. The maximum absolute atomic E-state index is 11.6. The highest BCUT2D eigenvalue weighted by molar-refractivity contribution is 5.73. The van der Waals surface area contributed by atoms with Gasteiger partial charge in [0.15, 0.2) is 0 Å². The summed E-state index contributed by atoms with van der Waals surface area (Å²) in [5, 5.41) is 14.3. The lowest BCUT2D eigenvalue weighted by atomic mass is 10.0. The number of rotatable bonds is 9. The number of hydrogen-bond acceptors (Lipinski definition) is 2. The minimum atomic E-state index is -0.758. The fourth-order valence-corrected chi connectivity index (χ4v) is 2.11. The first-order valence-electron chi connectivity index (χ1n) is 7.21. The van der Waals surface area contributed by atoms with Crippen LogP contribution in [-0.4, -0.2) is 30.2 Å². The van der Waals surface area contributed by atoms with E-state index in [1.807, 2.05) is 6.92 Å². The zero-order chi connectivity index (χ0) is 14.3. The number of carboxylic acid groups (broad SMARTS) is 1. The molecule has 0 spiro atoms. The molecular weight excluding hydrogens is 244 g/mol. The van der Waals surface area contributed by atoms with Crippen LogP contribution in [0.5, 0.6) is 0 Å². The molecule has 0 aromatic rings. The molecule has 1 fully saturated rings. The smallest absolute Gasteiger partial charge is 0.314 e. The zero-order valence-electron chi connectivity index (χ0n) is 12.0. The molecule has 0 aromatic heterocycles. The van der Waals surface area contributed by atoms with Gasteiger partial charge in [0, 0.05) is 19.5 Å². The molecule has 1 atom stereocenters. The molecule has 0 bridgehead atoms. The van der Waals surface area contributed by atoms with Gasteiger partial charge in [-0.25, -0.2) is 4.79 Å². The van der Waals surface area contributed by atoms with Crippen molar-refractivity contribution in [2.45, 2.75) is 52.4 Å². The van der Waals surface area contributed by atoms with Crippen LogP contribution >= 0.6 is 0 Å². The summed E-state index contributed by atoms with van der Waals surface area (Å²) in [6, 6.07) is -0.106. The Morgan fingerprint density at radius 2 is 1.95 bits per heavy atom. The van der Waals surface area contributed by atoms with Crippen molar-refractivity contribution in [1.29, 1.82) is 0 Å². The molecule has 0 aliphatic heterocycles. The van der Waals surface area contributed by atoms with Gasteiger partial charge in [-0.05, 0) is 43.4 Å². The number of carbonyl (C=O) groups excluding carboxylic acids is 1. The molecule has 0 saturated heterocycles. The van der Waals surface area contributed by atoms with E-state index in [-0.39, 0.29) is 12.5 Å². The Morgan fingerprint density at radius 1 is 1.26 bits per heavy atom. The molecule has 0 heterocycles. The molecule has 1 aliphatic rings. The third kappa shape index (κ3) is 6.45. The summed E-state index contributed by atoms with van der Waals surface area (Å²) >= 11 is 0. The molecule has 5 heteroatoms. The van der Waals surface area contributed by atoms with E-state index in [4.69, 9.17) is 5.11 Å². The first-order valence-corrected chi connectivity index (χ1v) is 7.21. The lowest BCUT2D eigenvalue weighted by Crippen LogP contribution is -2.39. The van der Waals surface area contributed by atoms with Crippen LogP contribution in [0.2, 0.25) is 0 Å². The normalized spacial score (nSPS) is 17.6. The van der Waals surface area contributed by atoms with Crippen LogP contribution in [0.1, 0.15) is 52.4 Å². The predicted octanol–water partition coefficient (Wildman–Crippen LogP) is 2.37. The predicted molar refractivity (Wildman–Crippen MR) is 74.0 cm³/mol. The second-order valence-corrected chi connectivity index (χ2v) is 5.79. The highest BCUT2D eigenvalue weighted by Gasteiger charge is 2.40. The van der Waals surface area contributed by atoms with Crippen LogP contribution in [0, 0.1) is 11.3 Å². The molecule has 0 aromatic carbocycles. The molecule has 1 saturated carbocycles. The lowest BCUT2D eigenvalue weighted by molar-refractivity contribution is -0.137. The van der Waals surface area contributed by atoms with Gasteiger partial charge in [0.05, 0.1) is 0 Å². The largest absolute Gasteiger partial charge is 0.481 e. The molecule has 1 unspecified atom stereocenters. The second-order valence-electron chi connectivity index (χ2n) is 5.79. The van der Waals surface area contributed by atoms with Crippen molar-refractivity contribution in [3.63, 3.8) is 0 Å². The van der Waals surface area contributed by atoms with Gasteiger partial charge in [0.25, 0.3) is 0 Å². The quantitative estimate of drug-likeness (QED) is 0.602. The number of carboxylic acids is 1. The minimum absolute atomic E-state index is 0.106. The average Bonchev–Trinajstić information content (AvgIpc) is 3.14. The summed E-state index contributed by atoms with van der Waals surface area (Å²) in [5.41, 5.74) is 0.367. The van der Waals surface area contributed by atoms with Crippen molar-refractivity contribution >= 4 is 12.0 Å². The van der Waals surface area contributed by atoms with Crippen LogP contribution in [0.4, 0.5) is 4.79 Å². The Kier molecular flexibility index (Phi) is 6.12. The Morgan fingerprint density at radius 3 is 2.47 bits per heavy atom. The van der Waals surface area contributed by atoms with Crippen LogP contribution in [-0.2, 0) is 4.79 Å². The highest BCUT2D eigenvalue weighted by atomic mass is 16.4. The second kappa shape index (κ2) is 7.36. The van der Waals surface area contributed by atoms with Gasteiger partial charge in [-0.3, -0.25) is 4.79 Å². The minimum Gasteiger partial charge on any atom is -0.481 e. The van der Waals surface area contributed by atoms with E-state index in [2.05, 4.69) is 17.6 Å². The molecule has 1 aliphatic carbocycles. The molecule has 3 N–H and O–H groups in total. The van der Waals surface area contributed by atoms with Gasteiger partial charge in [0.1, 0.15) is 0 Å². The monoisotopic (exact) mass is 270 g/mol. The van der Waals surface area contributed by atoms with E-state index < -0.39 is 5.97 Å². The Labute approximate surface area is 115 Å². The third-order valence-corrected chi connectivity index (χ3v) is 4.10. The van der Waals surface area contributed by atoms with E-state index in [0.29, 0.717) is 24.3 Å². The van der Waals surface area contributed by atoms with E-state index in [1.165, 1.54) is 12.8 Å². The van der Waals surface area contributed by atoms with E-state index in [0.717, 1.165) is 19.4 Å². The highest BCUT2D eigenvalue weighted by Crippen LogP contribution is 2.47. The van der Waals surface area contributed by atoms with Crippen LogP contribution < -0.4 is 10.6 Å². The molecular formula is C14H26N2O3. The maximum atomic E-state index is 11.6. The summed E-state index contributed by atoms with van der Waals surface area (Å²) in [4.78, 5) is 22.0. The Bertz CT molecular complexity index is 314. The van der Waals surface area contributed by atoms with E-state index >= 15 is 0 Å². The number of hydrogen-bond donors (Lipinski definition) is 3. The molecule has 19 heavy (non-hydrogen) atoms. The van der Waals surface area contributed by atoms with Crippen molar-refractivity contribution in [2.24, 2.45) is 11.3 Å². The molecule has 110 valence electrons. The number of nitrogens with one attached hydrogen (secondary N) is 2. The maximum Gasteiger partial charge on any atom is 0.314 e. The molecule has 0 radical (unpaired) electrons. The summed E-state index contributed by atoms with van der Waals surface area (Å²) in [6.45, 7) is 5.55. The van der Waals surface area contributed by atoms with E-state index in [9.17, 15) is 9.59 Å². The molecule has 5 nitrogen and oxygen atoms in total. The summed E-state index contributed by atoms with van der Waals surface area (Å²) < 4.78 is 0. The van der Waals surface area contributed by atoms with Crippen molar-refractivity contribution in [1.82, 2.24) is 10.6 Å².